The van der Waals surface area contributed by atoms with Gasteiger partial charge in [-0.2, -0.15) is 0 Å². The number of para-hydroxylation sites is 1. The summed E-state index contributed by atoms with van der Waals surface area (Å²) in [6, 6.07) is 8.07. The van der Waals surface area contributed by atoms with Gasteiger partial charge in [0, 0.05) is 30.6 Å². The molecule has 0 fully saturated rings. The van der Waals surface area contributed by atoms with Crippen molar-refractivity contribution in [1.29, 1.82) is 0 Å². The lowest BCUT2D eigenvalue weighted by molar-refractivity contribution is 0.110. The molecule has 1 heterocycles. The Hall–Kier alpha value is -1.36. The molecule has 0 atom stereocenters. The van der Waals surface area contributed by atoms with Gasteiger partial charge in [-0.3, -0.25) is 4.90 Å². The predicted molar refractivity (Wildman–Crippen MR) is 81.5 cm³/mol. The van der Waals surface area contributed by atoms with Crippen LogP contribution in [-0.4, -0.2) is 31.2 Å². The van der Waals surface area contributed by atoms with Gasteiger partial charge in [0.25, 0.3) is 0 Å². The predicted octanol–water partition coefficient (Wildman–Crippen LogP) is 2.75. The minimum Gasteiger partial charge on any atom is -0.459 e. The second-order valence-corrected chi connectivity index (χ2v) is 4.77. The van der Waals surface area contributed by atoms with Gasteiger partial charge >= 0.3 is 0 Å². The maximum Gasteiger partial charge on any atom is 0.134 e. The molecule has 0 saturated heterocycles. The molecule has 1 aromatic heterocycles. The highest BCUT2D eigenvalue weighted by molar-refractivity contribution is 5.82. The van der Waals surface area contributed by atoms with E-state index in [2.05, 4.69) is 17.9 Å². The number of furan rings is 1. The number of hydrogen-bond donors (Lipinski definition) is 1. The SMILES string of the molecule is CCOCCN(CC)Cc1oc2ccccc2c1CN. The van der Waals surface area contributed by atoms with E-state index in [1.54, 1.807) is 0 Å². The lowest BCUT2D eigenvalue weighted by atomic mass is 10.1. The van der Waals surface area contributed by atoms with E-state index in [-0.39, 0.29) is 0 Å². The van der Waals surface area contributed by atoms with Gasteiger partial charge in [-0.05, 0) is 19.5 Å². The molecule has 0 aliphatic heterocycles. The summed E-state index contributed by atoms with van der Waals surface area (Å²) >= 11 is 0. The third-order valence-corrected chi connectivity index (χ3v) is 3.56. The Kier molecular flexibility index (Phi) is 5.59. The van der Waals surface area contributed by atoms with E-state index < -0.39 is 0 Å². The van der Waals surface area contributed by atoms with Crippen molar-refractivity contribution in [2.45, 2.75) is 26.9 Å². The molecule has 4 heteroatoms. The van der Waals surface area contributed by atoms with Gasteiger partial charge in [-0.25, -0.2) is 0 Å². The van der Waals surface area contributed by atoms with Crippen LogP contribution in [0.1, 0.15) is 25.2 Å². The molecule has 0 radical (unpaired) electrons. The second-order valence-electron chi connectivity index (χ2n) is 4.77. The summed E-state index contributed by atoms with van der Waals surface area (Å²) < 4.78 is 11.4. The van der Waals surface area contributed by atoms with Crippen molar-refractivity contribution in [3.8, 4) is 0 Å². The molecule has 0 saturated carbocycles. The lowest BCUT2D eigenvalue weighted by Gasteiger charge is -2.19. The summed E-state index contributed by atoms with van der Waals surface area (Å²) in [7, 11) is 0. The van der Waals surface area contributed by atoms with E-state index in [4.69, 9.17) is 14.9 Å². The highest BCUT2D eigenvalue weighted by atomic mass is 16.5. The van der Waals surface area contributed by atoms with E-state index in [9.17, 15) is 0 Å². The fourth-order valence-electron chi connectivity index (χ4n) is 2.39. The molecule has 0 aliphatic carbocycles. The van der Waals surface area contributed by atoms with Gasteiger partial charge in [-0.1, -0.05) is 25.1 Å². The van der Waals surface area contributed by atoms with E-state index >= 15 is 0 Å². The maximum atomic E-state index is 5.97. The molecule has 0 spiro atoms. The topological polar surface area (TPSA) is 51.6 Å². The van der Waals surface area contributed by atoms with Crippen LogP contribution < -0.4 is 5.73 Å². The van der Waals surface area contributed by atoms with Crippen LogP contribution in [0.5, 0.6) is 0 Å². The summed E-state index contributed by atoms with van der Waals surface area (Å²) in [5.74, 6) is 0.979. The summed E-state index contributed by atoms with van der Waals surface area (Å²) in [4.78, 5) is 2.31. The summed E-state index contributed by atoms with van der Waals surface area (Å²) in [5, 5.41) is 1.13. The molecule has 1 aromatic carbocycles. The Morgan fingerprint density at radius 1 is 1.25 bits per heavy atom. The van der Waals surface area contributed by atoms with Crippen molar-refractivity contribution in [3.05, 3.63) is 35.6 Å². The van der Waals surface area contributed by atoms with Gasteiger partial charge in [0.1, 0.15) is 11.3 Å². The van der Waals surface area contributed by atoms with Crippen molar-refractivity contribution in [2.75, 3.05) is 26.3 Å². The normalized spacial score (nSPS) is 11.6. The molecule has 2 aromatic rings. The number of rotatable bonds is 8. The quantitative estimate of drug-likeness (QED) is 0.753. The maximum absolute atomic E-state index is 5.97. The number of nitrogens with zero attached hydrogens (tertiary/aromatic N) is 1. The molecule has 110 valence electrons. The summed E-state index contributed by atoms with van der Waals surface area (Å²) in [6.45, 7) is 8.84. The van der Waals surface area contributed by atoms with Crippen LogP contribution >= 0.6 is 0 Å². The molecule has 4 nitrogen and oxygen atoms in total. The van der Waals surface area contributed by atoms with E-state index in [1.807, 2.05) is 25.1 Å². The first-order valence-corrected chi connectivity index (χ1v) is 7.29. The summed E-state index contributed by atoms with van der Waals surface area (Å²) in [5.41, 5.74) is 7.94. The van der Waals surface area contributed by atoms with Gasteiger partial charge in [-0.15, -0.1) is 0 Å². The van der Waals surface area contributed by atoms with Gasteiger partial charge < -0.3 is 14.9 Å². The first-order valence-electron chi connectivity index (χ1n) is 7.29. The summed E-state index contributed by atoms with van der Waals surface area (Å²) in [6.07, 6.45) is 0. The zero-order valence-corrected chi connectivity index (χ0v) is 12.4. The minimum atomic E-state index is 0.509. The zero-order valence-electron chi connectivity index (χ0n) is 12.4. The number of hydrogen-bond acceptors (Lipinski definition) is 4. The Morgan fingerprint density at radius 2 is 2.05 bits per heavy atom. The average molecular weight is 276 g/mol. The first-order chi connectivity index (χ1) is 9.80. The van der Waals surface area contributed by atoms with Crippen LogP contribution in [0.15, 0.2) is 28.7 Å². The van der Waals surface area contributed by atoms with E-state index in [0.717, 1.165) is 55.1 Å². The molecule has 2 N–H and O–H groups in total. The molecule has 0 aliphatic rings. The van der Waals surface area contributed by atoms with Gasteiger partial charge in [0.2, 0.25) is 0 Å². The van der Waals surface area contributed by atoms with Gasteiger partial charge in [0.15, 0.2) is 0 Å². The van der Waals surface area contributed by atoms with E-state index in [0.29, 0.717) is 6.54 Å². The van der Waals surface area contributed by atoms with Crippen molar-refractivity contribution in [2.24, 2.45) is 5.73 Å². The Morgan fingerprint density at radius 3 is 2.75 bits per heavy atom. The number of likely N-dealkylation sites (N-methyl/N-ethyl adjacent to an activating group) is 1. The molecular formula is C16H24N2O2. The zero-order chi connectivity index (χ0) is 14.4. The number of nitrogens with two attached hydrogens (primary N) is 1. The lowest BCUT2D eigenvalue weighted by Crippen LogP contribution is -2.27. The molecule has 0 amide bonds. The van der Waals surface area contributed by atoms with Crippen LogP contribution in [0.4, 0.5) is 0 Å². The van der Waals surface area contributed by atoms with Gasteiger partial charge in [0.05, 0.1) is 13.2 Å². The molecule has 0 bridgehead atoms. The Balaban J connectivity index is 2.14. The monoisotopic (exact) mass is 276 g/mol. The fourth-order valence-corrected chi connectivity index (χ4v) is 2.39. The first kappa shape index (κ1) is 15.0. The third-order valence-electron chi connectivity index (χ3n) is 3.56. The van der Waals surface area contributed by atoms with Crippen LogP contribution in [-0.2, 0) is 17.8 Å². The highest BCUT2D eigenvalue weighted by Crippen LogP contribution is 2.26. The molecule has 0 unspecified atom stereocenters. The van der Waals surface area contributed by atoms with Crippen molar-refractivity contribution in [1.82, 2.24) is 4.90 Å². The van der Waals surface area contributed by atoms with Crippen LogP contribution in [0.25, 0.3) is 11.0 Å². The highest BCUT2D eigenvalue weighted by Gasteiger charge is 2.15. The third kappa shape index (κ3) is 3.39. The molecule has 2 rings (SSSR count). The van der Waals surface area contributed by atoms with Crippen LogP contribution in [0.3, 0.4) is 0 Å². The Labute approximate surface area is 120 Å². The standard InChI is InChI=1S/C16H24N2O2/c1-3-18(9-10-19-4-2)12-16-14(11-17)13-7-5-6-8-15(13)20-16/h5-8H,3-4,9-12,17H2,1-2H3. The Bertz CT molecular complexity index is 536. The number of fused-ring (bicyclic) bond motifs is 1. The minimum absolute atomic E-state index is 0.509. The smallest absolute Gasteiger partial charge is 0.134 e. The fraction of sp³-hybridized carbons (Fsp3) is 0.500. The molecular weight excluding hydrogens is 252 g/mol. The van der Waals surface area contributed by atoms with Crippen molar-refractivity contribution in [3.63, 3.8) is 0 Å². The molecule has 20 heavy (non-hydrogen) atoms. The van der Waals surface area contributed by atoms with Crippen molar-refractivity contribution >= 4 is 11.0 Å². The number of ether oxygens (including phenoxy) is 1. The second kappa shape index (κ2) is 7.43. The van der Waals surface area contributed by atoms with Crippen LogP contribution in [0.2, 0.25) is 0 Å². The van der Waals surface area contributed by atoms with Crippen molar-refractivity contribution < 1.29 is 9.15 Å². The number of benzene rings is 1. The average Bonchev–Trinajstić information content (AvgIpc) is 2.83. The largest absolute Gasteiger partial charge is 0.459 e. The van der Waals surface area contributed by atoms with E-state index in [1.165, 1.54) is 0 Å². The van der Waals surface area contributed by atoms with Crippen LogP contribution in [0, 0.1) is 0 Å².